The van der Waals surface area contributed by atoms with Crippen molar-refractivity contribution in [1.29, 1.82) is 0 Å². The first-order valence-electron chi connectivity index (χ1n) is 3.95. The minimum atomic E-state index is -3.27. The highest BCUT2D eigenvalue weighted by molar-refractivity contribution is 7.89. The van der Waals surface area contributed by atoms with Crippen molar-refractivity contribution in [2.24, 2.45) is 10.9 Å². The maximum absolute atomic E-state index is 11.1. The molecule has 13 heavy (non-hydrogen) atoms. The second kappa shape index (κ2) is 5.76. The van der Waals surface area contributed by atoms with Crippen LogP contribution in [0.4, 0.5) is 0 Å². The topological polar surface area (TPSA) is 105 Å². The number of sulfonamides is 1. The quantitative estimate of drug-likeness (QED) is 0.236. The molecule has 0 aliphatic heterocycles. The maximum Gasteiger partial charge on any atom is 0.212 e. The molecule has 0 saturated carbocycles. The van der Waals surface area contributed by atoms with E-state index in [9.17, 15) is 8.42 Å². The summed E-state index contributed by atoms with van der Waals surface area (Å²) >= 11 is 0. The number of hydrogen-bond donors (Lipinski definition) is 3. The second-order valence-corrected chi connectivity index (χ2v) is 4.51. The van der Waals surface area contributed by atoms with Crippen molar-refractivity contribution in [3.05, 3.63) is 0 Å². The molecule has 7 heteroatoms. The third-order valence-electron chi connectivity index (χ3n) is 1.37. The lowest BCUT2D eigenvalue weighted by Gasteiger charge is -2.03. The Kier molecular flexibility index (Phi) is 5.40. The molecule has 0 aromatic heterocycles. The predicted octanol–water partition coefficient (Wildman–Crippen LogP) is -0.548. The van der Waals surface area contributed by atoms with Crippen LogP contribution < -0.4 is 10.5 Å². The zero-order valence-electron chi connectivity index (χ0n) is 7.52. The molecule has 0 aromatic carbocycles. The van der Waals surface area contributed by atoms with Gasteiger partial charge < -0.3 is 10.9 Å². The van der Waals surface area contributed by atoms with Gasteiger partial charge in [-0.1, -0.05) is 18.5 Å². The number of oxime groups is 1. The Labute approximate surface area is 77.9 Å². The molecule has 0 aliphatic rings. The Hall–Kier alpha value is -0.820. The van der Waals surface area contributed by atoms with Crippen LogP contribution in [0.2, 0.25) is 0 Å². The molecule has 0 spiro atoms. The fraction of sp³-hybridized carbons (Fsp3) is 0.833. The molecule has 78 valence electrons. The van der Waals surface area contributed by atoms with E-state index in [-0.39, 0.29) is 18.1 Å². The summed E-state index contributed by atoms with van der Waals surface area (Å²) in [6.07, 6.45) is 1.41. The molecule has 0 fully saturated rings. The lowest BCUT2D eigenvalue weighted by atomic mass is 10.4. The van der Waals surface area contributed by atoms with E-state index in [1.54, 1.807) is 0 Å². The van der Waals surface area contributed by atoms with Crippen molar-refractivity contribution in [2.75, 3.05) is 12.3 Å². The van der Waals surface area contributed by atoms with Crippen molar-refractivity contribution in [1.82, 2.24) is 4.72 Å². The highest BCUT2D eigenvalue weighted by Gasteiger charge is 2.08. The number of amidine groups is 1. The Morgan fingerprint density at radius 2 is 2.23 bits per heavy atom. The zero-order valence-corrected chi connectivity index (χ0v) is 8.34. The minimum absolute atomic E-state index is 0.0716. The number of nitrogens with two attached hydrogens (primary N) is 1. The van der Waals surface area contributed by atoms with E-state index in [1.165, 1.54) is 0 Å². The van der Waals surface area contributed by atoms with Crippen molar-refractivity contribution in [3.8, 4) is 0 Å². The first-order chi connectivity index (χ1) is 6.02. The van der Waals surface area contributed by atoms with Gasteiger partial charge in [0.2, 0.25) is 10.0 Å². The van der Waals surface area contributed by atoms with Gasteiger partial charge in [0.25, 0.3) is 0 Å². The van der Waals surface area contributed by atoms with Crippen molar-refractivity contribution < 1.29 is 13.6 Å². The molecule has 0 radical (unpaired) electrons. The van der Waals surface area contributed by atoms with Gasteiger partial charge in [-0.2, -0.15) is 0 Å². The van der Waals surface area contributed by atoms with Gasteiger partial charge in [-0.25, -0.2) is 13.1 Å². The Morgan fingerprint density at radius 3 is 2.69 bits per heavy atom. The van der Waals surface area contributed by atoms with E-state index in [2.05, 4.69) is 9.88 Å². The van der Waals surface area contributed by atoms with Gasteiger partial charge in [0.15, 0.2) is 5.84 Å². The molecule has 0 rings (SSSR count). The lowest BCUT2D eigenvalue weighted by molar-refractivity contribution is 0.317. The van der Waals surface area contributed by atoms with Crippen LogP contribution in [0.15, 0.2) is 5.16 Å². The maximum atomic E-state index is 11.1. The first-order valence-corrected chi connectivity index (χ1v) is 5.60. The Morgan fingerprint density at radius 1 is 1.62 bits per heavy atom. The Balaban J connectivity index is 3.90. The fourth-order valence-electron chi connectivity index (χ4n) is 0.626. The SMILES string of the molecule is CCCCS(=O)(=O)NC/C(N)=N/O. The average molecular weight is 209 g/mol. The molecule has 0 aliphatic carbocycles. The molecule has 4 N–H and O–H groups in total. The molecule has 0 heterocycles. The van der Waals surface area contributed by atoms with Crippen LogP contribution in [0, 0.1) is 0 Å². The summed E-state index contributed by atoms with van der Waals surface area (Å²) in [5.41, 5.74) is 5.08. The molecule has 0 atom stereocenters. The number of hydrogen-bond acceptors (Lipinski definition) is 4. The molecule has 0 aromatic rings. The van der Waals surface area contributed by atoms with Crippen LogP contribution in [-0.4, -0.2) is 31.8 Å². The molecule has 6 nitrogen and oxygen atoms in total. The van der Waals surface area contributed by atoms with E-state index in [4.69, 9.17) is 10.9 Å². The molecule has 0 amide bonds. The number of nitrogens with one attached hydrogen (secondary N) is 1. The van der Waals surface area contributed by atoms with Gasteiger partial charge in [0.05, 0.1) is 12.3 Å². The van der Waals surface area contributed by atoms with E-state index < -0.39 is 10.0 Å². The van der Waals surface area contributed by atoms with Gasteiger partial charge in [-0.3, -0.25) is 0 Å². The molecular weight excluding hydrogens is 194 g/mol. The van der Waals surface area contributed by atoms with E-state index in [0.717, 1.165) is 6.42 Å². The summed E-state index contributed by atoms with van der Waals surface area (Å²) in [6.45, 7) is 1.75. The normalized spacial score (nSPS) is 13.2. The van der Waals surface area contributed by atoms with Gasteiger partial charge in [0.1, 0.15) is 0 Å². The molecule has 0 bridgehead atoms. The van der Waals surface area contributed by atoms with Crippen LogP contribution in [0.25, 0.3) is 0 Å². The Bertz CT molecular complexity index is 260. The lowest BCUT2D eigenvalue weighted by Crippen LogP contribution is -2.34. The van der Waals surface area contributed by atoms with Crippen LogP contribution in [0.5, 0.6) is 0 Å². The number of unbranched alkanes of at least 4 members (excludes halogenated alkanes) is 1. The van der Waals surface area contributed by atoms with Crippen LogP contribution in [0.3, 0.4) is 0 Å². The fourth-order valence-corrected chi connectivity index (χ4v) is 1.81. The van der Waals surface area contributed by atoms with E-state index >= 15 is 0 Å². The van der Waals surface area contributed by atoms with Gasteiger partial charge in [-0.05, 0) is 6.42 Å². The molecular formula is C6H15N3O3S. The summed E-state index contributed by atoms with van der Waals surface area (Å²) in [5.74, 6) is -0.0811. The smallest absolute Gasteiger partial charge is 0.212 e. The summed E-state index contributed by atoms with van der Waals surface area (Å²) < 4.78 is 24.4. The second-order valence-electron chi connectivity index (χ2n) is 2.58. The largest absolute Gasteiger partial charge is 0.409 e. The summed E-state index contributed by atoms with van der Waals surface area (Å²) in [4.78, 5) is 0. The van der Waals surface area contributed by atoms with Crippen LogP contribution in [0.1, 0.15) is 19.8 Å². The van der Waals surface area contributed by atoms with Gasteiger partial charge in [-0.15, -0.1) is 0 Å². The summed E-state index contributed by atoms with van der Waals surface area (Å²) in [6, 6.07) is 0. The van der Waals surface area contributed by atoms with Gasteiger partial charge >= 0.3 is 0 Å². The summed E-state index contributed by atoms with van der Waals surface area (Å²) in [7, 11) is -3.27. The highest BCUT2D eigenvalue weighted by Crippen LogP contribution is 1.92. The van der Waals surface area contributed by atoms with Crippen LogP contribution in [-0.2, 0) is 10.0 Å². The summed E-state index contributed by atoms with van der Waals surface area (Å²) in [5, 5.41) is 10.8. The van der Waals surface area contributed by atoms with Crippen molar-refractivity contribution >= 4 is 15.9 Å². The number of rotatable bonds is 6. The third kappa shape index (κ3) is 6.35. The average Bonchev–Trinajstić information content (AvgIpc) is 2.11. The predicted molar refractivity (Wildman–Crippen MR) is 50.1 cm³/mol. The van der Waals surface area contributed by atoms with E-state index in [0.29, 0.717) is 6.42 Å². The molecule has 0 saturated heterocycles. The first kappa shape index (κ1) is 12.2. The monoisotopic (exact) mass is 209 g/mol. The highest BCUT2D eigenvalue weighted by atomic mass is 32.2. The molecule has 0 unspecified atom stereocenters. The van der Waals surface area contributed by atoms with Crippen molar-refractivity contribution in [3.63, 3.8) is 0 Å². The number of nitrogens with zero attached hydrogens (tertiary/aromatic N) is 1. The van der Waals surface area contributed by atoms with E-state index in [1.807, 2.05) is 6.92 Å². The minimum Gasteiger partial charge on any atom is -0.409 e. The zero-order chi connectivity index (χ0) is 10.3. The van der Waals surface area contributed by atoms with Crippen molar-refractivity contribution in [2.45, 2.75) is 19.8 Å². The van der Waals surface area contributed by atoms with Gasteiger partial charge in [0, 0.05) is 0 Å². The standard InChI is InChI=1S/C6H15N3O3S/c1-2-3-4-13(11,12)8-5-6(7)9-10/h8,10H,2-5H2,1H3,(H2,7,9). The third-order valence-corrected chi connectivity index (χ3v) is 2.78. The van der Waals surface area contributed by atoms with Crippen LogP contribution >= 0.6 is 0 Å².